The zero-order valence-electron chi connectivity index (χ0n) is 8.97. The van der Waals surface area contributed by atoms with Crippen molar-refractivity contribution in [2.45, 2.75) is 58.4 Å². The van der Waals surface area contributed by atoms with E-state index < -0.39 is 0 Å². The molecule has 0 aliphatic heterocycles. The minimum atomic E-state index is 0.707. The van der Waals surface area contributed by atoms with Gasteiger partial charge >= 0.3 is 0 Å². The van der Waals surface area contributed by atoms with Gasteiger partial charge in [0.1, 0.15) is 0 Å². The molecule has 1 N–H and O–H groups in total. The number of hydrogen-bond acceptors (Lipinski definition) is 1. The molecule has 1 saturated carbocycles. The van der Waals surface area contributed by atoms with Gasteiger partial charge in [-0.2, -0.15) is 0 Å². The molecule has 0 heterocycles. The van der Waals surface area contributed by atoms with Crippen molar-refractivity contribution in [1.82, 2.24) is 5.32 Å². The average molecular weight is 182 g/mol. The Labute approximate surface area is 81.8 Å². The molecule has 2 heteroatoms. The van der Waals surface area contributed by atoms with Crippen LogP contribution in [0.3, 0.4) is 0 Å². The Bertz CT molecular complexity index is 157. The van der Waals surface area contributed by atoms with E-state index in [1.54, 1.807) is 0 Å². The van der Waals surface area contributed by atoms with Crippen LogP contribution in [0, 0.1) is 0 Å². The molecule has 0 aromatic carbocycles. The van der Waals surface area contributed by atoms with Crippen molar-refractivity contribution in [3.8, 4) is 0 Å². The van der Waals surface area contributed by atoms with Gasteiger partial charge in [-0.15, -0.1) is 0 Å². The summed E-state index contributed by atoms with van der Waals surface area (Å²) in [7, 11) is 0. The summed E-state index contributed by atoms with van der Waals surface area (Å²) in [5, 5.41) is 3.56. The molecule has 0 aromatic rings. The van der Waals surface area contributed by atoms with Gasteiger partial charge in [-0.25, -0.2) is 0 Å². The van der Waals surface area contributed by atoms with Gasteiger partial charge in [0.05, 0.1) is 5.84 Å². The van der Waals surface area contributed by atoms with E-state index in [1.807, 2.05) is 0 Å². The second kappa shape index (κ2) is 6.01. The molecule has 1 rings (SSSR count). The third-order valence-corrected chi connectivity index (χ3v) is 2.66. The highest BCUT2D eigenvalue weighted by molar-refractivity contribution is 5.82. The van der Waals surface area contributed by atoms with Crippen LogP contribution in [-0.2, 0) is 0 Å². The topological polar surface area (TPSA) is 24.4 Å². The van der Waals surface area contributed by atoms with Crippen molar-refractivity contribution in [3.05, 3.63) is 0 Å². The van der Waals surface area contributed by atoms with Crippen molar-refractivity contribution in [2.75, 3.05) is 6.54 Å². The minimum absolute atomic E-state index is 0.707. The Morgan fingerprint density at radius 2 is 1.92 bits per heavy atom. The molecule has 2 nitrogen and oxygen atoms in total. The fourth-order valence-electron chi connectivity index (χ4n) is 1.93. The van der Waals surface area contributed by atoms with E-state index in [0.29, 0.717) is 6.04 Å². The van der Waals surface area contributed by atoms with Crippen molar-refractivity contribution in [1.29, 1.82) is 0 Å². The van der Waals surface area contributed by atoms with Gasteiger partial charge in [-0.1, -0.05) is 26.2 Å². The molecule has 0 atom stereocenters. The standard InChI is InChI=1S/C11H22N2/c1-3-11(12-4-2)13-10-8-6-5-7-9-10/h10H,3-9H2,1-2H3,(H,12,13). The molecule has 76 valence electrons. The van der Waals surface area contributed by atoms with E-state index in [-0.39, 0.29) is 0 Å². The second-order valence-corrected chi connectivity index (χ2v) is 3.75. The van der Waals surface area contributed by atoms with E-state index in [1.165, 1.54) is 37.9 Å². The van der Waals surface area contributed by atoms with E-state index in [0.717, 1.165) is 13.0 Å². The molecule has 0 spiro atoms. The van der Waals surface area contributed by atoms with Crippen LogP contribution >= 0.6 is 0 Å². The zero-order chi connectivity index (χ0) is 9.52. The van der Waals surface area contributed by atoms with Gasteiger partial charge in [-0.05, 0) is 19.8 Å². The Hall–Kier alpha value is -0.530. The van der Waals surface area contributed by atoms with Gasteiger partial charge in [0.15, 0.2) is 0 Å². The molecule has 0 amide bonds. The Morgan fingerprint density at radius 1 is 1.23 bits per heavy atom. The minimum Gasteiger partial charge on any atom is -0.371 e. The molecule has 1 aliphatic rings. The summed E-state index contributed by atoms with van der Waals surface area (Å²) in [4.78, 5) is 4.44. The summed E-state index contributed by atoms with van der Waals surface area (Å²) >= 11 is 0. The normalized spacial score (nSPS) is 20.3. The van der Waals surface area contributed by atoms with Crippen molar-refractivity contribution < 1.29 is 0 Å². The van der Waals surface area contributed by atoms with E-state index in [2.05, 4.69) is 24.2 Å². The summed E-state index contributed by atoms with van der Waals surface area (Å²) in [5.74, 6) is 1.20. The van der Waals surface area contributed by atoms with Gasteiger partial charge in [-0.3, -0.25) is 4.99 Å². The molecular weight excluding hydrogens is 160 g/mol. The third-order valence-electron chi connectivity index (χ3n) is 2.66. The van der Waals surface area contributed by atoms with E-state index in [4.69, 9.17) is 0 Å². The zero-order valence-corrected chi connectivity index (χ0v) is 8.97. The maximum atomic E-state index is 4.44. The van der Waals surface area contributed by atoms with Crippen LogP contribution in [0.5, 0.6) is 0 Å². The predicted molar refractivity (Wildman–Crippen MR) is 58.3 cm³/mol. The van der Waals surface area contributed by atoms with Crippen LogP contribution in [0.1, 0.15) is 52.4 Å². The molecule has 0 saturated heterocycles. The summed E-state index contributed by atoms with van der Waals surface area (Å²) in [6.07, 6.45) is 7.92. The second-order valence-electron chi connectivity index (χ2n) is 3.75. The average Bonchev–Trinajstić information content (AvgIpc) is 2.19. The summed E-state index contributed by atoms with van der Waals surface area (Å²) in [6.45, 7) is 5.17. The fraction of sp³-hybridized carbons (Fsp3) is 0.909. The lowest BCUT2D eigenvalue weighted by atomic mass is 9.95. The van der Waals surface area contributed by atoms with Gasteiger partial charge in [0.25, 0.3) is 0 Å². The molecular formula is C11H22N2. The molecule has 0 aromatic heterocycles. The van der Waals surface area contributed by atoms with E-state index >= 15 is 0 Å². The monoisotopic (exact) mass is 182 g/mol. The van der Waals surface area contributed by atoms with Gasteiger partial charge in [0, 0.05) is 19.0 Å². The first-order valence-electron chi connectivity index (χ1n) is 5.66. The van der Waals surface area contributed by atoms with Crippen LogP contribution in [0.15, 0.2) is 4.99 Å². The first-order valence-corrected chi connectivity index (χ1v) is 5.66. The quantitative estimate of drug-likeness (QED) is 0.527. The van der Waals surface area contributed by atoms with Gasteiger partial charge in [0.2, 0.25) is 0 Å². The lowest BCUT2D eigenvalue weighted by Crippen LogP contribution is -2.36. The molecule has 1 fully saturated rings. The number of aliphatic imine (C=N–C) groups is 1. The highest BCUT2D eigenvalue weighted by atomic mass is 15.0. The summed E-state index contributed by atoms with van der Waals surface area (Å²) in [6, 6.07) is 0.707. The van der Waals surface area contributed by atoms with Gasteiger partial charge < -0.3 is 5.32 Å². The maximum absolute atomic E-state index is 4.44. The third kappa shape index (κ3) is 3.79. The Balaban J connectivity index is 2.31. The molecule has 13 heavy (non-hydrogen) atoms. The number of nitrogens with zero attached hydrogens (tertiary/aromatic N) is 1. The van der Waals surface area contributed by atoms with Crippen molar-refractivity contribution in [2.24, 2.45) is 4.99 Å². The first-order chi connectivity index (χ1) is 6.36. The molecule has 1 aliphatic carbocycles. The first kappa shape index (κ1) is 10.6. The van der Waals surface area contributed by atoms with E-state index in [9.17, 15) is 0 Å². The molecule has 0 unspecified atom stereocenters. The molecule has 0 bridgehead atoms. The smallest absolute Gasteiger partial charge is 0.0962 e. The Morgan fingerprint density at radius 3 is 2.46 bits per heavy atom. The van der Waals surface area contributed by atoms with Crippen LogP contribution in [0.2, 0.25) is 0 Å². The largest absolute Gasteiger partial charge is 0.371 e. The van der Waals surface area contributed by atoms with Crippen LogP contribution in [0.4, 0.5) is 0 Å². The summed E-state index contributed by atoms with van der Waals surface area (Å²) < 4.78 is 0. The highest BCUT2D eigenvalue weighted by Crippen LogP contribution is 2.17. The highest BCUT2D eigenvalue weighted by Gasteiger charge is 2.13. The van der Waals surface area contributed by atoms with Crippen molar-refractivity contribution >= 4 is 5.84 Å². The maximum Gasteiger partial charge on any atom is 0.0962 e. The number of amidine groups is 1. The van der Waals surface area contributed by atoms with Crippen LogP contribution in [0.25, 0.3) is 0 Å². The number of hydrogen-bond donors (Lipinski definition) is 1. The van der Waals surface area contributed by atoms with Crippen molar-refractivity contribution in [3.63, 3.8) is 0 Å². The predicted octanol–water partition coefficient (Wildman–Crippen LogP) is 2.74. The number of nitrogens with one attached hydrogen (secondary N) is 1. The van der Waals surface area contributed by atoms with Crippen LogP contribution in [-0.4, -0.2) is 18.4 Å². The van der Waals surface area contributed by atoms with Crippen LogP contribution < -0.4 is 5.32 Å². The molecule has 0 radical (unpaired) electrons. The fourth-order valence-corrected chi connectivity index (χ4v) is 1.93. The Kier molecular flexibility index (Phi) is 4.87. The lowest BCUT2D eigenvalue weighted by molar-refractivity contribution is 0.412. The summed E-state index contributed by atoms with van der Waals surface area (Å²) in [5.41, 5.74) is 0. The number of rotatable bonds is 3. The lowest BCUT2D eigenvalue weighted by Gasteiger charge is -2.24. The SMILES string of the molecule is CCN=C(CC)NC1CCCCC1.